The van der Waals surface area contributed by atoms with Crippen LogP contribution in [0.4, 0.5) is 0 Å². The number of aliphatic carboxylic acids is 1. The Morgan fingerprint density at radius 3 is 2.46 bits per heavy atom. The van der Waals surface area contributed by atoms with Crippen molar-refractivity contribution in [2.75, 3.05) is 7.11 Å². The number of methoxy groups -OCH3 is 1. The summed E-state index contributed by atoms with van der Waals surface area (Å²) in [6.45, 7) is 11.2. The molecule has 3 nitrogen and oxygen atoms in total. The number of carboxylic acid groups (broad SMARTS) is 1. The lowest BCUT2D eigenvalue weighted by atomic mass is 9.44. The van der Waals surface area contributed by atoms with Crippen LogP contribution < -0.4 is 0 Å². The molecule has 2 fully saturated rings. The molecule has 2 aliphatic carbocycles. The van der Waals surface area contributed by atoms with Crippen LogP contribution in [0.2, 0.25) is 0 Å². The highest BCUT2D eigenvalue weighted by Gasteiger charge is 2.61. The van der Waals surface area contributed by atoms with Crippen LogP contribution in [0.25, 0.3) is 0 Å². The van der Waals surface area contributed by atoms with Gasteiger partial charge in [-0.1, -0.05) is 40.0 Å². The first-order valence-electron chi connectivity index (χ1n) is 9.92. The molecule has 2 aliphatic rings. The van der Waals surface area contributed by atoms with Gasteiger partial charge >= 0.3 is 5.97 Å². The molecule has 0 spiro atoms. The van der Waals surface area contributed by atoms with Gasteiger partial charge in [-0.25, -0.2) is 0 Å². The van der Waals surface area contributed by atoms with E-state index in [1.165, 1.54) is 12.8 Å². The quantitative estimate of drug-likeness (QED) is 0.693. The predicted octanol–water partition coefficient (Wildman–Crippen LogP) is 5.53. The number of carboxylic acids is 1. The van der Waals surface area contributed by atoms with Crippen molar-refractivity contribution in [3.8, 4) is 0 Å². The Balaban J connectivity index is 2.36. The highest BCUT2D eigenvalue weighted by Crippen LogP contribution is 2.63. The molecule has 3 heteroatoms. The van der Waals surface area contributed by atoms with Crippen LogP contribution in [0.15, 0.2) is 0 Å². The minimum atomic E-state index is -0.597. The number of rotatable bonds is 6. The second-order valence-corrected chi connectivity index (χ2v) is 9.33. The molecule has 0 amide bonds. The molecule has 140 valence electrons. The lowest BCUT2D eigenvalue weighted by Gasteiger charge is -2.61. The summed E-state index contributed by atoms with van der Waals surface area (Å²) in [5.74, 6) is 0.841. The highest BCUT2D eigenvalue weighted by atomic mass is 16.5. The van der Waals surface area contributed by atoms with Crippen molar-refractivity contribution in [1.82, 2.24) is 0 Å². The first kappa shape index (κ1) is 19.8. The number of ether oxygens (including phenoxy) is 1. The lowest BCUT2D eigenvalue weighted by Crippen LogP contribution is -2.60. The van der Waals surface area contributed by atoms with Gasteiger partial charge in [0.15, 0.2) is 0 Å². The van der Waals surface area contributed by atoms with E-state index in [0.717, 1.165) is 44.4 Å². The van der Waals surface area contributed by atoms with E-state index in [4.69, 9.17) is 4.74 Å². The van der Waals surface area contributed by atoms with Crippen LogP contribution in [-0.2, 0) is 9.53 Å². The Morgan fingerprint density at radius 2 is 1.92 bits per heavy atom. The standard InChI is InChI=1S/C21H38O3/c1-7-15(2)9-10-17-19(3)12-8-13-20(4,18(22)23)16(19)11-14-21(17,5)24-6/h15-17H,7-14H2,1-6H3,(H,22,23)/t15?,16?,17-,19+,20-,21-/m1/s1. The third-order valence-corrected chi connectivity index (χ3v) is 8.04. The van der Waals surface area contributed by atoms with Crippen molar-refractivity contribution in [2.45, 2.75) is 91.6 Å². The molecule has 0 heterocycles. The zero-order chi connectivity index (χ0) is 18.2. The second-order valence-electron chi connectivity index (χ2n) is 9.33. The monoisotopic (exact) mass is 338 g/mol. The van der Waals surface area contributed by atoms with Crippen molar-refractivity contribution in [3.63, 3.8) is 0 Å². The van der Waals surface area contributed by atoms with Crippen LogP contribution in [0.5, 0.6) is 0 Å². The van der Waals surface area contributed by atoms with Gasteiger partial charge in [-0.15, -0.1) is 0 Å². The number of fused-ring (bicyclic) bond motifs is 1. The maximum atomic E-state index is 12.1. The zero-order valence-electron chi connectivity index (χ0n) is 16.7. The van der Waals surface area contributed by atoms with Gasteiger partial charge < -0.3 is 9.84 Å². The van der Waals surface area contributed by atoms with Crippen LogP contribution in [0, 0.1) is 28.6 Å². The van der Waals surface area contributed by atoms with Crippen molar-refractivity contribution < 1.29 is 14.6 Å². The van der Waals surface area contributed by atoms with Crippen molar-refractivity contribution in [2.24, 2.45) is 28.6 Å². The molecular formula is C21H38O3. The van der Waals surface area contributed by atoms with E-state index in [9.17, 15) is 9.90 Å². The molecule has 0 aromatic heterocycles. The van der Waals surface area contributed by atoms with Gasteiger partial charge in [-0.05, 0) is 69.1 Å². The van der Waals surface area contributed by atoms with Gasteiger partial charge in [0.25, 0.3) is 0 Å². The third kappa shape index (κ3) is 3.13. The van der Waals surface area contributed by atoms with Crippen LogP contribution in [0.1, 0.15) is 86.0 Å². The molecule has 0 saturated heterocycles. The van der Waals surface area contributed by atoms with Gasteiger partial charge in [-0.2, -0.15) is 0 Å². The summed E-state index contributed by atoms with van der Waals surface area (Å²) >= 11 is 0. The Hall–Kier alpha value is -0.570. The minimum Gasteiger partial charge on any atom is -0.481 e. The summed E-state index contributed by atoms with van der Waals surface area (Å²) in [5, 5.41) is 9.95. The summed E-state index contributed by atoms with van der Waals surface area (Å²) < 4.78 is 6.05. The Morgan fingerprint density at radius 1 is 1.25 bits per heavy atom. The molecule has 2 saturated carbocycles. The molecule has 0 aliphatic heterocycles. The summed E-state index contributed by atoms with van der Waals surface area (Å²) in [4.78, 5) is 12.1. The topological polar surface area (TPSA) is 46.5 Å². The molecule has 0 bridgehead atoms. The average molecular weight is 339 g/mol. The van der Waals surface area contributed by atoms with E-state index < -0.39 is 11.4 Å². The molecule has 6 atom stereocenters. The van der Waals surface area contributed by atoms with E-state index in [1.54, 1.807) is 0 Å². The molecule has 2 unspecified atom stereocenters. The van der Waals surface area contributed by atoms with Gasteiger partial charge in [0.2, 0.25) is 0 Å². The van der Waals surface area contributed by atoms with Gasteiger partial charge in [-0.3, -0.25) is 4.79 Å². The fourth-order valence-electron chi connectivity index (χ4n) is 6.07. The average Bonchev–Trinajstić information content (AvgIpc) is 2.53. The minimum absolute atomic E-state index is 0.0713. The molecule has 0 aromatic carbocycles. The molecule has 0 aromatic rings. The number of hydrogen-bond acceptors (Lipinski definition) is 2. The first-order chi connectivity index (χ1) is 11.1. The fourth-order valence-corrected chi connectivity index (χ4v) is 6.07. The maximum absolute atomic E-state index is 12.1. The maximum Gasteiger partial charge on any atom is 0.309 e. The lowest BCUT2D eigenvalue weighted by molar-refractivity contribution is -0.198. The van der Waals surface area contributed by atoms with Gasteiger partial charge in [0.05, 0.1) is 11.0 Å². The van der Waals surface area contributed by atoms with E-state index in [-0.39, 0.29) is 16.9 Å². The van der Waals surface area contributed by atoms with Crippen molar-refractivity contribution in [3.05, 3.63) is 0 Å². The molecule has 0 radical (unpaired) electrons. The summed E-state index contributed by atoms with van der Waals surface area (Å²) in [5.41, 5.74) is -0.617. The van der Waals surface area contributed by atoms with Crippen LogP contribution in [-0.4, -0.2) is 23.8 Å². The smallest absolute Gasteiger partial charge is 0.309 e. The van der Waals surface area contributed by atoms with E-state index in [0.29, 0.717) is 5.92 Å². The zero-order valence-corrected chi connectivity index (χ0v) is 16.7. The first-order valence-corrected chi connectivity index (χ1v) is 9.92. The van der Waals surface area contributed by atoms with E-state index >= 15 is 0 Å². The van der Waals surface area contributed by atoms with Crippen molar-refractivity contribution >= 4 is 5.97 Å². The van der Waals surface area contributed by atoms with Gasteiger partial charge in [0.1, 0.15) is 0 Å². The summed E-state index contributed by atoms with van der Waals surface area (Å²) in [6.07, 6.45) is 8.53. The highest BCUT2D eigenvalue weighted by molar-refractivity contribution is 5.75. The molecule has 1 N–H and O–H groups in total. The Kier molecular flexibility index (Phi) is 5.74. The van der Waals surface area contributed by atoms with E-state index in [1.807, 2.05) is 14.0 Å². The largest absolute Gasteiger partial charge is 0.481 e. The Bertz CT molecular complexity index is 462. The van der Waals surface area contributed by atoms with Crippen molar-refractivity contribution in [1.29, 1.82) is 0 Å². The summed E-state index contributed by atoms with van der Waals surface area (Å²) in [6, 6.07) is 0. The molecule has 2 rings (SSSR count). The van der Waals surface area contributed by atoms with Crippen LogP contribution >= 0.6 is 0 Å². The molecule has 24 heavy (non-hydrogen) atoms. The van der Waals surface area contributed by atoms with Gasteiger partial charge in [0, 0.05) is 7.11 Å². The second kappa shape index (κ2) is 6.97. The third-order valence-electron chi connectivity index (χ3n) is 8.04. The Labute approximate surface area is 148 Å². The SMILES string of the molecule is CCC(C)CC[C@H]1[C@](C)(OC)CCC2[C@](C)(C(=O)O)CCC[C@@]21C. The summed E-state index contributed by atoms with van der Waals surface area (Å²) in [7, 11) is 1.85. The van der Waals surface area contributed by atoms with Crippen LogP contribution in [0.3, 0.4) is 0 Å². The number of carbonyl (C=O) groups is 1. The molecular weight excluding hydrogens is 300 g/mol. The number of hydrogen-bond donors (Lipinski definition) is 1. The normalized spacial score (nSPS) is 43.9. The predicted molar refractivity (Wildman–Crippen MR) is 98.0 cm³/mol. The van der Waals surface area contributed by atoms with E-state index in [2.05, 4.69) is 27.7 Å². The fraction of sp³-hybridized carbons (Fsp3) is 0.952.